The first-order valence-corrected chi connectivity index (χ1v) is 11.8. The number of nitrogens with zero attached hydrogens (tertiary/aromatic N) is 1. The fraction of sp³-hybridized carbons (Fsp3) is 0.350. The van der Waals surface area contributed by atoms with Crippen LogP contribution in [0.3, 0.4) is 0 Å². The van der Waals surface area contributed by atoms with Crippen molar-refractivity contribution in [3.63, 3.8) is 0 Å². The number of ether oxygens (including phenoxy) is 2. The maximum absolute atomic E-state index is 13.0. The van der Waals surface area contributed by atoms with E-state index in [2.05, 4.69) is 5.32 Å². The van der Waals surface area contributed by atoms with Gasteiger partial charge in [0.05, 0.1) is 11.7 Å². The number of nitrogens with one attached hydrogen (secondary N) is 1. The quantitative estimate of drug-likeness (QED) is 0.715. The van der Waals surface area contributed by atoms with Crippen LogP contribution in [0, 0.1) is 5.92 Å². The molecular weight excluding hydrogens is 451 g/mol. The van der Waals surface area contributed by atoms with Crippen LogP contribution in [-0.4, -0.2) is 38.5 Å². The number of benzene rings is 2. The molecule has 1 saturated heterocycles. The number of halogens is 2. The molecule has 2 aliphatic rings. The third-order valence-electron chi connectivity index (χ3n) is 5.18. The van der Waals surface area contributed by atoms with Crippen LogP contribution in [0.25, 0.3) is 0 Å². The number of piperidine rings is 1. The third-order valence-corrected chi connectivity index (χ3v) is 7.66. The smallest absolute Gasteiger partial charge is 0.231 e. The topological polar surface area (TPSA) is 84.9 Å². The molecule has 2 aromatic rings. The van der Waals surface area contributed by atoms with E-state index in [1.54, 1.807) is 36.4 Å². The number of amides is 1. The van der Waals surface area contributed by atoms with Crippen LogP contribution in [0.1, 0.15) is 18.4 Å². The second kappa shape index (κ2) is 8.63. The Morgan fingerprint density at radius 1 is 1.13 bits per heavy atom. The molecule has 4 rings (SSSR count). The first-order valence-electron chi connectivity index (χ1n) is 9.45. The van der Waals surface area contributed by atoms with E-state index in [4.69, 9.17) is 32.7 Å². The van der Waals surface area contributed by atoms with Crippen LogP contribution in [0.15, 0.2) is 36.4 Å². The summed E-state index contributed by atoms with van der Waals surface area (Å²) >= 11 is 12.3. The lowest BCUT2D eigenvalue weighted by atomic mass is 9.98. The molecule has 1 N–H and O–H groups in total. The molecule has 2 heterocycles. The number of hydrogen-bond acceptors (Lipinski definition) is 5. The first-order chi connectivity index (χ1) is 14.3. The highest BCUT2D eigenvalue weighted by Crippen LogP contribution is 2.35. The molecule has 0 bridgehead atoms. The van der Waals surface area contributed by atoms with Gasteiger partial charge < -0.3 is 14.8 Å². The Bertz CT molecular complexity index is 1060. The normalized spacial score (nSPS) is 18.9. The highest BCUT2D eigenvalue weighted by molar-refractivity contribution is 7.88. The van der Waals surface area contributed by atoms with Gasteiger partial charge in [0, 0.05) is 40.5 Å². The van der Waals surface area contributed by atoms with Crippen molar-refractivity contribution in [1.82, 2.24) is 4.31 Å². The SMILES string of the molecule is O=C(Nc1ccc2c(c1)OCO2)[C@H]1CCCN(S(=O)(=O)Cc2c(Cl)cccc2Cl)C1. The minimum Gasteiger partial charge on any atom is -0.454 e. The zero-order valence-electron chi connectivity index (χ0n) is 15.9. The van der Waals surface area contributed by atoms with Crippen molar-refractivity contribution in [1.29, 1.82) is 0 Å². The van der Waals surface area contributed by atoms with E-state index in [1.807, 2.05) is 0 Å². The summed E-state index contributed by atoms with van der Waals surface area (Å²) in [5.41, 5.74) is 0.944. The number of anilines is 1. The molecule has 10 heteroatoms. The summed E-state index contributed by atoms with van der Waals surface area (Å²) in [4.78, 5) is 12.8. The summed E-state index contributed by atoms with van der Waals surface area (Å²) in [6.07, 6.45) is 1.20. The first kappa shape index (κ1) is 21.2. The van der Waals surface area contributed by atoms with Crippen LogP contribution >= 0.6 is 23.2 Å². The van der Waals surface area contributed by atoms with Gasteiger partial charge in [-0.2, -0.15) is 0 Å². The second-order valence-corrected chi connectivity index (χ2v) is 9.99. The molecule has 1 atom stereocenters. The zero-order valence-corrected chi connectivity index (χ0v) is 18.3. The van der Waals surface area contributed by atoms with Gasteiger partial charge in [0.25, 0.3) is 0 Å². The Balaban J connectivity index is 1.44. The molecule has 0 radical (unpaired) electrons. The maximum Gasteiger partial charge on any atom is 0.231 e. The van der Waals surface area contributed by atoms with E-state index >= 15 is 0 Å². The van der Waals surface area contributed by atoms with Gasteiger partial charge in [-0.05, 0) is 37.1 Å². The van der Waals surface area contributed by atoms with Crippen molar-refractivity contribution in [3.8, 4) is 11.5 Å². The molecule has 1 fully saturated rings. The Morgan fingerprint density at radius 3 is 2.63 bits per heavy atom. The number of sulfonamides is 1. The van der Waals surface area contributed by atoms with Gasteiger partial charge in [-0.3, -0.25) is 4.79 Å². The Kier molecular flexibility index (Phi) is 6.11. The summed E-state index contributed by atoms with van der Waals surface area (Å²) in [6, 6.07) is 10.0. The minimum absolute atomic E-state index is 0.112. The summed E-state index contributed by atoms with van der Waals surface area (Å²) in [6.45, 7) is 0.622. The van der Waals surface area contributed by atoms with Crippen LogP contribution in [-0.2, 0) is 20.6 Å². The van der Waals surface area contributed by atoms with Crippen molar-refractivity contribution in [2.75, 3.05) is 25.2 Å². The monoisotopic (exact) mass is 470 g/mol. The molecule has 7 nitrogen and oxygen atoms in total. The number of carbonyl (C=O) groups excluding carboxylic acids is 1. The molecular formula is C20H20Cl2N2O5S. The van der Waals surface area contributed by atoms with Crippen molar-refractivity contribution < 1.29 is 22.7 Å². The molecule has 2 aliphatic heterocycles. The largest absolute Gasteiger partial charge is 0.454 e. The van der Waals surface area contributed by atoms with Gasteiger partial charge in [0.2, 0.25) is 22.7 Å². The summed E-state index contributed by atoms with van der Waals surface area (Å²) in [7, 11) is -3.68. The molecule has 160 valence electrons. The van der Waals surface area contributed by atoms with Crippen LogP contribution in [0.2, 0.25) is 10.0 Å². The van der Waals surface area contributed by atoms with E-state index in [-0.39, 0.29) is 25.0 Å². The number of fused-ring (bicyclic) bond motifs is 1. The third kappa shape index (κ3) is 4.51. The standard InChI is InChI=1S/C20H20Cl2N2O5S/c21-16-4-1-5-17(22)15(16)11-30(26,27)24-8-2-3-13(10-24)20(25)23-14-6-7-18-19(9-14)29-12-28-18/h1,4-7,9,13H,2-3,8,10-12H2,(H,23,25)/t13-/m0/s1. The molecule has 0 unspecified atom stereocenters. The predicted octanol–water partition coefficient (Wildman–Crippen LogP) is 3.90. The Hall–Kier alpha value is -2.00. The van der Waals surface area contributed by atoms with E-state index in [1.165, 1.54) is 4.31 Å². The summed E-state index contributed by atoms with van der Waals surface area (Å²) < 4.78 is 37.9. The van der Waals surface area contributed by atoms with Gasteiger partial charge >= 0.3 is 0 Å². The number of hydrogen-bond donors (Lipinski definition) is 1. The minimum atomic E-state index is -3.68. The molecule has 2 aromatic carbocycles. The lowest BCUT2D eigenvalue weighted by Crippen LogP contribution is -2.44. The highest BCUT2D eigenvalue weighted by atomic mass is 35.5. The lowest BCUT2D eigenvalue weighted by Gasteiger charge is -2.31. The van der Waals surface area contributed by atoms with Gasteiger partial charge in [-0.1, -0.05) is 29.3 Å². The maximum atomic E-state index is 13.0. The van der Waals surface area contributed by atoms with E-state index in [0.717, 1.165) is 0 Å². The Labute approximate surface area is 184 Å². The molecule has 0 spiro atoms. The molecule has 30 heavy (non-hydrogen) atoms. The predicted molar refractivity (Wildman–Crippen MR) is 115 cm³/mol. The fourth-order valence-electron chi connectivity index (χ4n) is 3.57. The molecule has 1 amide bonds. The van der Waals surface area contributed by atoms with E-state index < -0.39 is 15.9 Å². The van der Waals surface area contributed by atoms with E-state index in [0.29, 0.717) is 52.2 Å². The van der Waals surface area contributed by atoms with Gasteiger partial charge in [-0.15, -0.1) is 0 Å². The van der Waals surface area contributed by atoms with Crippen molar-refractivity contribution in [2.45, 2.75) is 18.6 Å². The second-order valence-electron chi connectivity index (χ2n) is 7.21. The van der Waals surface area contributed by atoms with Gasteiger partial charge in [0.15, 0.2) is 11.5 Å². The molecule has 0 saturated carbocycles. The average Bonchev–Trinajstić information content (AvgIpc) is 3.19. The average molecular weight is 471 g/mol. The van der Waals surface area contributed by atoms with Crippen LogP contribution in [0.5, 0.6) is 11.5 Å². The number of rotatable bonds is 5. The van der Waals surface area contributed by atoms with Crippen LogP contribution in [0.4, 0.5) is 5.69 Å². The highest BCUT2D eigenvalue weighted by Gasteiger charge is 2.33. The van der Waals surface area contributed by atoms with Crippen molar-refractivity contribution in [3.05, 3.63) is 52.0 Å². The van der Waals surface area contributed by atoms with E-state index in [9.17, 15) is 13.2 Å². The van der Waals surface area contributed by atoms with Crippen LogP contribution < -0.4 is 14.8 Å². The Morgan fingerprint density at radius 2 is 1.87 bits per heavy atom. The van der Waals surface area contributed by atoms with Gasteiger partial charge in [-0.25, -0.2) is 12.7 Å². The number of carbonyl (C=O) groups is 1. The molecule has 0 aromatic heterocycles. The summed E-state index contributed by atoms with van der Waals surface area (Å²) in [5.74, 6) is 0.200. The van der Waals surface area contributed by atoms with Crippen molar-refractivity contribution >= 4 is 44.8 Å². The van der Waals surface area contributed by atoms with Gasteiger partial charge in [0.1, 0.15) is 0 Å². The molecule has 0 aliphatic carbocycles. The zero-order chi connectivity index (χ0) is 21.3. The van der Waals surface area contributed by atoms with Crippen molar-refractivity contribution in [2.24, 2.45) is 5.92 Å². The summed E-state index contributed by atoms with van der Waals surface area (Å²) in [5, 5.41) is 3.45. The fourth-order valence-corrected chi connectivity index (χ4v) is 5.93. The lowest BCUT2D eigenvalue weighted by molar-refractivity contribution is -0.120.